The van der Waals surface area contributed by atoms with Gasteiger partial charge < -0.3 is 10.2 Å². The van der Waals surface area contributed by atoms with Gasteiger partial charge in [0, 0.05) is 49.0 Å². The SMILES string of the molecule is O=C(NCc1cccc2cccnc12)N1CCC[C@H](c2ccn[nH]2)C1. The second-order valence-electron chi connectivity index (χ2n) is 6.45. The van der Waals surface area contributed by atoms with Crippen LogP contribution in [0.3, 0.4) is 0 Å². The predicted octanol–water partition coefficient (Wildman–Crippen LogP) is 3.05. The molecule has 0 bridgehead atoms. The number of rotatable bonds is 3. The third kappa shape index (κ3) is 3.33. The molecule has 3 heterocycles. The van der Waals surface area contributed by atoms with Gasteiger partial charge in [-0.05, 0) is 30.5 Å². The molecular formula is C19H21N5O. The molecule has 4 rings (SSSR count). The summed E-state index contributed by atoms with van der Waals surface area (Å²) in [6.45, 7) is 2.00. The molecular weight excluding hydrogens is 314 g/mol. The molecule has 3 aromatic rings. The number of nitrogens with zero attached hydrogens (tertiary/aromatic N) is 3. The summed E-state index contributed by atoms with van der Waals surface area (Å²) in [6, 6.07) is 12.0. The zero-order chi connectivity index (χ0) is 17.1. The molecule has 1 atom stereocenters. The maximum atomic E-state index is 12.6. The highest BCUT2D eigenvalue weighted by Gasteiger charge is 2.25. The average Bonchev–Trinajstić information content (AvgIpc) is 3.21. The molecule has 1 aromatic carbocycles. The number of amides is 2. The molecule has 1 aliphatic rings. The Morgan fingerprint density at radius 3 is 3.04 bits per heavy atom. The maximum Gasteiger partial charge on any atom is 0.317 e. The normalized spacial score (nSPS) is 17.6. The Hall–Kier alpha value is -2.89. The number of pyridine rings is 1. The van der Waals surface area contributed by atoms with Gasteiger partial charge in [-0.25, -0.2) is 4.79 Å². The zero-order valence-electron chi connectivity index (χ0n) is 14.0. The summed E-state index contributed by atoms with van der Waals surface area (Å²) in [5.74, 6) is 0.334. The number of aromatic amines is 1. The summed E-state index contributed by atoms with van der Waals surface area (Å²) in [5.41, 5.74) is 3.09. The highest BCUT2D eigenvalue weighted by atomic mass is 16.2. The van der Waals surface area contributed by atoms with Crippen LogP contribution in [-0.4, -0.2) is 39.2 Å². The molecule has 2 amide bonds. The van der Waals surface area contributed by atoms with Gasteiger partial charge in [-0.2, -0.15) is 5.10 Å². The first-order valence-corrected chi connectivity index (χ1v) is 8.66. The van der Waals surface area contributed by atoms with E-state index in [1.807, 2.05) is 41.3 Å². The van der Waals surface area contributed by atoms with Crippen LogP contribution in [0.4, 0.5) is 4.79 Å². The maximum absolute atomic E-state index is 12.6. The lowest BCUT2D eigenvalue weighted by molar-refractivity contribution is 0.178. The van der Waals surface area contributed by atoms with Gasteiger partial charge in [-0.15, -0.1) is 0 Å². The topological polar surface area (TPSA) is 73.9 Å². The molecule has 1 saturated heterocycles. The molecule has 1 fully saturated rings. The fourth-order valence-electron chi connectivity index (χ4n) is 3.50. The highest BCUT2D eigenvalue weighted by molar-refractivity contribution is 5.82. The van der Waals surface area contributed by atoms with Crippen molar-refractivity contribution in [1.82, 2.24) is 25.4 Å². The average molecular weight is 335 g/mol. The lowest BCUT2D eigenvalue weighted by Gasteiger charge is -2.32. The highest BCUT2D eigenvalue weighted by Crippen LogP contribution is 2.25. The lowest BCUT2D eigenvalue weighted by atomic mass is 9.95. The minimum Gasteiger partial charge on any atom is -0.334 e. The monoisotopic (exact) mass is 335 g/mol. The number of urea groups is 1. The minimum atomic E-state index is -0.0165. The third-order valence-electron chi connectivity index (χ3n) is 4.82. The molecule has 0 saturated carbocycles. The van der Waals surface area contributed by atoms with E-state index in [-0.39, 0.29) is 6.03 Å². The van der Waals surface area contributed by atoms with Crippen molar-refractivity contribution in [2.24, 2.45) is 0 Å². The number of piperidine rings is 1. The first-order chi connectivity index (χ1) is 12.3. The number of para-hydroxylation sites is 1. The van der Waals surface area contributed by atoms with Crippen LogP contribution < -0.4 is 5.32 Å². The van der Waals surface area contributed by atoms with E-state index in [0.29, 0.717) is 12.5 Å². The summed E-state index contributed by atoms with van der Waals surface area (Å²) in [5, 5.41) is 11.2. The number of carbonyl (C=O) groups is 1. The number of benzene rings is 1. The fraction of sp³-hybridized carbons (Fsp3) is 0.316. The summed E-state index contributed by atoms with van der Waals surface area (Å²) in [6.07, 6.45) is 5.64. The molecule has 0 aliphatic carbocycles. The molecule has 0 spiro atoms. The van der Waals surface area contributed by atoms with E-state index in [9.17, 15) is 4.79 Å². The molecule has 1 aliphatic heterocycles. The van der Waals surface area contributed by atoms with Crippen molar-refractivity contribution < 1.29 is 4.79 Å². The van der Waals surface area contributed by atoms with Crippen LogP contribution in [0.2, 0.25) is 0 Å². The molecule has 0 radical (unpaired) electrons. The Kier molecular flexibility index (Phi) is 4.33. The molecule has 25 heavy (non-hydrogen) atoms. The summed E-state index contributed by atoms with van der Waals surface area (Å²) < 4.78 is 0. The van der Waals surface area contributed by atoms with Gasteiger partial charge in [0.05, 0.1) is 5.52 Å². The van der Waals surface area contributed by atoms with Gasteiger partial charge in [0.2, 0.25) is 0 Å². The quantitative estimate of drug-likeness (QED) is 0.772. The summed E-state index contributed by atoms with van der Waals surface area (Å²) in [7, 11) is 0. The van der Waals surface area contributed by atoms with Crippen LogP contribution in [0, 0.1) is 0 Å². The van der Waals surface area contributed by atoms with Crippen molar-refractivity contribution >= 4 is 16.9 Å². The number of likely N-dealkylation sites (tertiary alicyclic amines) is 1. The van der Waals surface area contributed by atoms with Gasteiger partial charge >= 0.3 is 6.03 Å². The van der Waals surface area contributed by atoms with Gasteiger partial charge in [-0.1, -0.05) is 24.3 Å². The van der Waals surface area contributed by atoms with Crippen LogP contribution in [0.1, 0.15) is 30.0 Å². The number of hydrogen-bond donors (Lipinski definition) is 2. The number of hydrogen-bond acceptors (Lipinski definition) is 3. The number of fused-ring (bicyclic) bond motifs is 1. The number of nitrogens with one attached hydrogen (secondary N) is 2. The molecule has 2 aromatic heterocycles. The largest absolute Gasteiger partial charge is 0.334 e. The second-order valence-corrected chi connectivity index (χ2v) is 6.45. The Bertz CT molecular complexity index is 856. The number of carbonyl (C=O) groups excluding carboxylic acids is 1. The minimum absolute atomic E-state index is 0.0165. The van der Waals surface area contributed by atoms with E-state index in [2.05, 4.69) is 20.5 Å². The van der Waals surface area contributed by atoms with Gasteiger partial charge in [0.1, 0.15) is 0 Å². The van der Waals surface area contributed by atoms with Gasteiger partial charge in [-0.3, -0.25) is 10.1 Å². The predicted molar refractivity (Wildman–Crippen MR) is 96.1 cm³/mol. The van der Waals surface area contributed by atoms with Crippen molar-refractivity contribution in [3.05, 3.63) is 60.0 Å². The summed E-state index contributed by atoms with van der Waals surface area (Å²) >= 11 is 0. The van der Waals surface area contributed by atoms with Crippen LogP contribution in [0.15, 0.2) is 48.8 Å². The molecule has 128 valence electrons. The van der Waals surface area contributed by atoms with E-state index in [1.165, 1.54) is 0 Å². The van der Waals surface area contributed by atoms with Crippen LogP contribution in [0.25, 0.3) is 10.9 Å². The van der Waals surface area contributed by atoms with Crippen molar-refractivity contribution in [3.63, 3.8) is 0 Å². The smallest absolute Gasteiger partial charge is 0.317 e. The van der Waals surface area contributed by atoms with Crippen LogP contribution in [-0.2, 0) is 6.54 Å². The molecule has 2 N–H and O–H groups in total. The lowest BCUT2D eigenvalue weighted by Crippen LogP contribution is -2.44. The van der Waals surface area contributed by atoms with Crippen molar-refractivity contribution in [1.29, 1.82) is 0 Å². The Morgan fingerprint density at radius 2 is 2.16 bits per heavy atom. The fourth-order valence-corrected chi connectivity index (χ4v) is 3.50. The second kappa shape index (κ2) is 6.93. The van der Waals surface area contributed by atoms with E-state index < -0.39 is 0 Å². The zero-order valence-corrected chi connectivity index (χ0v) is 14.0. The summed E-state index contributed by atoms with van der Waals surface area (Å²) in [4.78, 5) is 18.9. The van der Waals surface area contributed by atoms with E-state index in [4.69, 9.17) is 0 Å². The Labute approximate surface area is 146 Å². The van der Waals surface area contributed by atoms with E-state index in [1.54, 1.807) is 12.4 Å². The Morgan fingerprint density at radius 1 is 1.24 bits per heavy atom. The first-order valence-electron chi connectivity index (χ1n) is 8.66. The van der Waals surface area contributed by atoms with Gasteiger partial charge in [0.25, 0.3) is 0 Å². The van der Waals surface area contributed by atoms with Crippen LogP contribution >= 0.6 is 0 Å². The molecule has 6 heteroatoms. The first kappa shape index (κ1) is 15.6. The number of H-pyrrole nitrogens is 1. The Balaban J connectivity index is 1.41. The van der Waals surface area contributed by atoms with E-state index >= 15 is 0 Å². The van der Waals surface area contributed by atoms with E-state index in [0.717, 1.165) is 48.1 Å². The third-order valence-corrected chi connectivity index (χ3v) is 4.82. The van der Waals surface area contributed by atoms with Crippen molar-refractivity contribution in [2.75, 3.05) is 13.1 Å². The molecule has 0 unspecified atom stereocenters. The van der Waals surface area contributed by atoms with Crippen molar-refractivity contribution in [2.45, 2.75) is 25.3 Å². The van der Waals surface area contributed by atoms with Crippen LogP contribution in [0.5, 0.6) is 0 Å². The van der Waals surface area contributed by atoms with Gasteiger partial charge in [0.15, 0.2) is 0 Å². The van der Waals surface area contributed by atoms with Crippen molar-refractivity contribution in [3.8, 4) is 0 Å². The number of aromatic nitrogens is 3. The molecule has 6 nitrogen and oxygen atoms in total. The standard InChI is InChI=1S/C19H21N5O/c25-19(24-11-3-7-16(13-24)17-8-10-22-23-17)21-12-15-5-1-4-14-6-2-9-20-18(14)15/h1-2,4-6,8-10,16H,3,7,11-13H2,(H,21,25)(H,22,23)/t16-/m0/s1.